The molecule has 1 N–H and O–H groups in total. The second kappa shape index (κ2) is 5.92. The number of nitrogens with zero attached hydrogens (tertiary/aromatic N) is 1. The first-order chi connectivity index (χ1) is 11.7. The third kappa shape index (κ3) is 2.58. The molecule has 1 amide bonds. The Balaban J connectivity index is 1.72. The summed E-state index contributed by atoms with van der Waals surface area (Å²) in [4.78, 5) is 16.3. The minimum atomic E-state index is -0.398. The van der Waals surface area contributed by atoms with Gasteiger partial charge >= 0.3 is 0 Å². The third-order valence-corrected chi connectivity index (χ3v) is 4.42. The van der Waals surface area contributed by atoms with Crippen LogP contribution in [0.3, 0.4) is 0 Å². The number of benzene rings is 2. The van der Waals surface area contributed by atoms with Gasteiger partial charge in [-0.2, -0.15) is 0 Å². The van der Waals surface area contributed by atoms with Gasteiger partial charge in [0, 0.05) is 18.0 Å². The van der Waals surface area contributed by atoms with Crippen molar-refractivity contribution in [3.8, 4) is 11.3 Å². The third-order valence-electron chi connectivity index (χ3n) is 4.42. The number of carbonyl (C=O) groups is 1. The zero-order valence-corrected chi connectivity index (χ0v) is 12.8. The Labute approximate surface area is 138 Å². The molecule has 1 saturated heterocycles. The second-order valence-electron chi connectivity index (χ2n) is 5.88. The topological polar surface area (TPSA) is 55.1 Å². The fraction of sp³-hybridized carbons (Fsp3) is 0.158. The van der Waals surface area contributed by atoms with Crippen LogP contribution >= 0.6 is 0 Å². The molecule has 1 aromatic heterocycles. The van der Waals surface area contributed by atoms with Crippen molar-refractivity contribution in [3.05, 3.63) is 78.1 Å². The lowest BCUT2D eigenvalue weighted by molar-refractivity contribution is -0.120. The van der Waals surface area contributed by atoms with Crippen LogP contribution in [0.5, 0.6) is 0 Å². The van der Waals surface area contributed by atoms with E-state index in [2.05, 4.69) is 10.3 Å². The largest absolute Gasteiger partial charge is 0.444 e. The van der Waals surface area contributed by atoms with E-state index in [1.807, 2.05) is 24.3 Å². The van der Waals surface area contributed by atoms with E-state index in [1.165, 1.54) is 18.5 Å². The van der Waals surface area contributed by atoms with Crippen molar-refractivity contribution in [2.24, 2.45) is 0 Å². The van der Waals surface area contributed by atoms with Crippen molar-refractivity contribution in [2.75, 3.05) is 6.54 Å². The molecular formula is C19H15FN2O2. The number of amides is 1. The molecule has 1 aliphatic rings. The van der Waals surface area contributed by atoms with Crippen LogP contribution in [0.15, 0.2) is 65.5 Å². The molecule has 24 heavy (non-hydrogen) atoms. The molecule has 120 valence electrons. The van der Waals surface area contributed by atoms with Gasteiger partial charge in [-0.25, -0.2) is 9.37 Å². The molecular weight excluding hydrogens is 307 g/mol. The molecule has 0 bridgehead atoms. The van der Waals surface area contributed by atoms with Gasteiger partial charge in [0.25, 0.3) is 0 Å². The highest BCUT2D eigenvalue weighted by Gasteiger charge is 2.37. The summed E-state index contributed by atoms with van der Waals surface area (Å²) in [6.45, 7) is 0.528. The number of rotatable bonds is 3. The molecule has 1 aliphatic heterocycles. The van der Waals surface area contributed by atoms with Crippen molar-refractivity contribution in [2.45, 2.75) is 11.8 Å². The summed E-state index contributed by atoms with van der Waals surface area (Å²) in [7, 11) is 0. The lowest BCUT2D eigenvalue weighted by Gasteiger charge is -2.18. The van der Waals surface area contributed by atoms with Crippen LogP contribution in [0.4, 0.5) is 4.39 Å². The summed E-state index contributed by atoms with van der Waals surface area (Å²) in [6.07, 6.45) is 3.04. The predicted octanol–water partition coefficient (Wildman–Crippen LogP) is 3.48. The van der Waals surface area contributed by atoms with Gasteiger partial charge in [-0.3, -0.25) is 4.79 Å². The summed E-state index contributed by atoms with van der Waals surface area (Å²) < 4.78 is 18.9. The van der Waals surface area contributed by atoms with Crippen LogP contribution in [0.25, 0.3) is 11.3 Å². The van der Waals surface area contributed by atoms with Crippen LogP contribution in [0, 0.1) is 5.82 Å². The minimum absolute atomic E-state index is 0.0535. The lowest BCUT2D eigenvalue weighted by Crippen LogP contribution is -2.18. The number of nitrogens with one attached hydrogen (secondary N) is 1. The van der Waals surface area contributed by atoms with Crippen molar-refractivity contribution in [1.82, 2.24) is 10.3 Å². The Morgan fingerprint density at radius 3 is 2.75 bits per heavy atom. The Bertz CT molecular complexity index is 877. The van der Waals surface area contributed by atoms with Gasteiger partial charge in [0.1, 0.15) is 5.82 Å². The van der Waals surface area contributed by atoms with Gasteiger partial charge in [-0.1, -0.05) is 30.3 Å². The van der Waals surface area contributed by atoms with Crippen molar-refractivity contribution in [1.29, 1.82) is 0 Å². The summed E-state index contributed by atoms with van der Waals surface area (Å²) in [5.41, 5.74) is 2.61. The molecule has 3 aromatic rings. The molecule has 5 heteroatoms. The molecule has 2 aromatic carbocycles. The number of hydrogen-bond donors (Lipinski definition) is 1. The van der Waals surface area contributed by atoms with Crippen LogP contribution in [-0.4, -0.2) is 17.4 Å². The Kier molecular flexibility index (Phi) is 3.61. The number of aromatic nitrogens is 1. The van der Waals surface area contributed by atoms with Crippen molar-refractivity contribution in [3.63, 3.8) is 0 Å². The fourth-order valence-corrected chi connectivity index (χ4v) is 3.30. The highest BCUT2D eigenvalue weighted by atomic mass is 19.1. The molecule has 2 unspecified atom stereocenters. The van der Waals surface area contributed by atoms with Crippen molar-refractivity contribution < 1.29 is 13.6 Å². The first-order valence-electron chi connectivity index (χ1n) is 7.74. The summed E-state index contributed by atoms with van der Waals surface area (Å²) in [5.74, 6) is -0.179. The van der Waals surface area contributed by atoms with E-state index < -0.39 is 5.92 Å². The molecule has 4 rings (SSSR count). The van der Waals surface area contributed by atoms with E-state index in [9.17, 15) is 9.18 Å². The van der Waals surface area contributed by atoms with Crippen LogP contribution in [-0.2, 0) is 4.79 Å². The van der Waals surface area contributed by atoms with Crippen LogP contribution in [0.1, 0.15) is 23.0 Å². The van der Waals surface area contributed by atoms with Gasteiger partial charge < -0.3 is 9.73 Å². The smallest absolute Gasteiger partial charge is 0.228 e. The average molecular weight is 322 g/mol. The van der Waals surface area contributed by atoms with Gasteiger partial charge in [0.2, 0.25) is 5.91 Å². The maximum Gasteiger partial charge on any atom is 0.228 e. The predicted molar refractivity (Wildman–Crippen MR) is 86.8 cm³/mol. The Morgan fingerprint density at radius 2 is 1.96 bits per heavy atom. The molecule has 0 saturated carbocycles. The van der Waals surface area contributed by atoms with E-state index in [4.69, 9.17) is 4.42 Å². The molecule has 0 spiro atoms. The summed E-state index contributed by atoms with van der Waals surface area (Å²) in [5, 5.41) is 2.89. The van der Waals surface area contributed by atoms with Gasteiger partial charge in [-0.15, -0.1) is 0 Å². The molecule has 2 atom stereocenters. The van der Waals surface area contributed by atoms with Crippen molar-refractivity contribution >= 4 is 5.91 Å². The lowest BCUT2D eigenvalue weighted by atomic mass is 9.83. The highest BCUT2D eigenvalue weighted by molar-refractivity contribution is 5.87. The minimum Gasteiger partial charge on any atom is -0.444 e. The standard InChI is InChI=1S/C19H15FN2O2/c20-15-6-2-5-14(8-15)18-16(9-22-19(18)23)12-3-1-4-13(7-12)17-10-21-11-24-17/h1-8,10-11,16,18H,9H2,(H,22,23). The van der Waals surface area contributed by atoms with Gasteiger partial charge in [-0.05, 0) is 29.3 Å². The van der Waals surface area contributed by atoms with Crippen LogP contribution in [0.2, 0.25) is 0 Å². The maximum atomic E-state index is 13.6. The van der Waals surface area contributed by atoms with E-state index in [-0.39, 0.29) is 17.6 Å². The van der Waals surface area contributed by atoms with E-state index in [1.54, 1.807) is 18.3 Å². The molecule has 2 heterocycles. The highest BCUT2D eigenvalue weighted by Crippen LogP contribution is 2.38. The quantitative estimate of drug-likeness (QED) is 0.803. The number of hydrogen-bond acceptors (Lipinski definition) is 3. The molecule has 0 radical (unpaired) electrons. The average Bonchev–Trinajstić information content (AvgIpc) is 3.24. The number of halogens is 1. The zero-order chi connectivity index (χ0) is 16.5. The van der Waals surface area contributed by atoms with Gasteiger partial charge in [0.05, 0.1) is 12.1 Å². The Morgan fingerprint density at radius 1 is 1.12 bits per heavy atom. The maximum absolute atomic E-state index is 13.6. The van der Waals surface area contributed by atoms with Crippen LogP contribution < -0.4 is 5.32 Å². The summed E-state index contributed by atoms with van der Waals surface area (Å²) >= 11 is 0. The second-order valence-corrected chi connectivity index (χ2v) is 5.88. The number of carbonyl (C=O) groups excluding carboxylic acids is 1. The fourth-order valence-electron chi connectivity index (χ4n) is 3.30. The SMILES string of the molecule is O=C1NCC(c2cccc(-c3cnco3)c2)C1c1cccc(F)c1. The molecule has 0 aliphatic carbocycles. The first-order valence-corrected chi connectivity index (χ1v) is 7.74. The van der Waals surface area contributed by atoms with E-state index in [0.717, 1.165) is 11.1 Å². The monoisotopic (exact) mass is 322 g/mol. The zero-order valence-electron chi connectivity index (χ0n) is 12.8. The van der Waals surface area contributed by atoms with E-state index >= 15 is 0 Å². The Hall–Kier alpha value is -2.95. The summed E-state index contributed by atoms with van der Waals surface area (Å²) in [6, 6.07) is 14.1. The van der Waals surface area contributed by atoms with Gasteiger partial charge in [0.15, 0.2) is 12.2 Å². The normalized spacial score (nSPS) is 20.1. The first kappa shape index (κ1) is 14.6. The molecule has 1 fully saturated rings. The number of oxazole rings is 1. The molecule has 4 nitrogen and oxygen atoms in total. The van der Waals surface area contributed by atoms with E-state index in [0.29, 0.717) is 17.9 Å².